The van der Waals surface area contributed by atoms with Gasteiger partial charge in [0.2, 0.25) is 11.4 Å². The first kappa shape index (κ1) is 36.3. The number of halogens is 2. The molecule has 2 aliphatic rings. The first-order valence-electron chi connectivity index (χ1n) is 17.0. The van der Waals surface area contributed by atoms with E-state index in [-0.39, 0.29) is 45.5 Å². The topological polar surface area (TPSA) is 170 Å². The molecule has 54 heavy (non-hydrogen) atoms. The summed E-state index contributed by atoms with van der Waals surface area (Å²) < 4.78 is 60.0. The number of carbonyl (C=O) groups excluding carboxylic acids is 1. The molecule has 1 saturated heterocycles. The number of nitrogens with one attached hydrogen (secondary N) is 1. The molecule has 3 aromatic carbocycles. The van der Waals surface area contributed by atoms with Crippen LogP contribution in [0, 0.1) is 25.5 Å². The molecule has 0 unspecified atom stereocenters. The summed E-state index contributed by atoms with van der Waals surface area (Å²) in [6.45, 7) is 7.37. The number of aromatic carboxylic acids is 1. The second-order valence-electron chi connectivity index (χ2n) is 13.0. The minimum atomic E-state index is -4.04. The molecule has 1 amide bonds. The lowest BCUT2D eigenvalue weighted by Crippen LogP contribution is -2.51. The van der Waals surface area contributed by atoms with Gasteiger partial charge in [0.05, 0.1) is 34.1 Å². The Kier molecular flexibility index (Phi) is 9.45. The van der Waals surface area contributed by atoms with Crippen LogP contribution in [0.2, 0.25) is 0 Å². The summed E-state index contributed by atoms with van der Waals surface area (Å²) in [5.41, 5.74) is 1.72. The number of benzene rings is 3. The zero-order valence-electron chi connectivity index (χ0n) is 29.4. The van der Waals surface area contributed by atoms with Gasteiger partial charge in [-0.05, 0) is 81.4 Å². The van der Waals surface area contributed by atoms with E-state index >= 15 is 4.39 Å². The van der Waals surface area contributed by atoms with E-state index in [2.05, 4.69) is 19.7 Å². The van der Waals surface area contributed by atoms with Crippen molar-refractivity contribution in [2.45, 2.75) is 32.2 Å². The number of hydrogen-bond acceptors (Lipinski definition) is 10. The van der Waals surface area contributed by atoms with Crippen molar-refractivity contribution in [2.24, 2.45) is 4.99 Å². The van der Waals surface area contributed by atoms with Crippen LogP contribution in [0.1, 0.15) is 34.2 Å². The van der Waals surface area contributed by atoms with Crippen LogP contribution in [0.3, 0.4) is 0 Å². The van der Waals surface area contributed by atoms with Crippen molar-refractivity contribution in [3.8, 4) is 0 Å². The third-order valence-electron chi connectivity index (χ3n) is 9.32. The van der Waals surface area contributed by atoms with Crippen LogP contribution in [0.15, 0.2) is 81.5 Å². The number of carboxylic acids is 1. The molecule has 0 atom stereocenters. The monoisotopic (exact) mass is 756 g/mol. The van der Waals surface area contributed by atoms with Crippen LogP contribution in [-0.4, -0.2) is 83.4 Å². The van der Waals surface area contributed by atoms with E-state index < -0.39 is 44.5 Å². The smallest absolute Gasteiger partial charge is 0.341 e. The van der Waals surface area contributed by atoms with Gasteiger partial charge in [0.1, 0.15) is 22.9 Å². The lowest BCUT2D eigenvalue weighted by atomic mass is 10.1. The van der Waals surface area contributed by atoms with E-state index in [9.17, 15) is 32.3 Å². The lowest BCUT2D eigenvalue weighted by Gasteiger charge is -2.38. The number of carboxylic acid groups (broad SMARTS) is 1. The molecule has 278 valence electrons. The Morgan fingerprint density at radius 2 is 1.61 bits per heavy atom. The highest BCUT2D eigenvalue weighted by molar-refractivity contribution is 7.92. The second kappa shape index (κ2) is 14.1. The number of rotatable bonds is 9. The maximum absolute atomic E-state index is 15.5. The molecule has 17 heteroatoms. The number of sulfonamides is 1. The quantitative estimate of drug-likeness (QED) is 0.219. The largest absolute Gasteiger partial charge is 0.477 e. The molecular formula is C37H34F2N8O6S. The van der Waals surface area contributed by atoms with E-state index in [1.54, 1.807) is 37.5 Å². The standard InChI is InChI=1S/C37H34F2N8O6S/c1-4-45-19-28(36(50)51)34(48)27-17-29(39)32(18-31(27)45)46-13-11-44(12-14-46)20-47-30-10-5-23(38)16-26(30)33(35(47)49)42-24-6-8-25(9-7-24)54(52,53)43-37-40-21(2)15-22(3)41-37/h5-10,15-19H,4,11-14,20H2,1-3H3,(H,50,51)(H,40,41,43). The molecule has 0 saturated carbocycles. The van der Waals surface area contributed by atoms with E-state index in [0.29, 0.717) is 55.3 Å². The fourth-order valence-corrected chi connectivity index (χ4v) is 7.64. The van der Waals surface area contributed by atoms with Crippen molar-refractivity contribution in [1.82, 2.24) is 19.4 Å². The van der Waals surface area contributed by atoms with E-state index in [1.165, 1.54) is 53.6 Å². The number of aryl methyl sites for hydroxylation is 3. The highest BCUT2D eigenvalue weighted by atomic mass is 32.2. The summed E-state index contributed by atoms with van der Waals surface area (Å²) in [5.74, 6) is -3.12. The Labute approximate surface area is 308 Å². The molecule has 0 spiro atoms. The Bertz CT molecular complexity index is 2530. The third-order valence-corrected chi connectivity index (χ3v) is 10.7. The van der Waals surface area contributed by atoms with Gasteiger partial charge in [-0.25, -0.2) is 41.7 Å². The van der Waals surface area contributed by atoms with Gasteiger partial charge < -0.3 is 14.6 Å². The predicted molar refractivity (Wildman–Crippen MR) is 198 cm³/mol. The molecule has 7 rings (SSSR count). The molecule has 0 bridgehead atoms. The fraction of sp³-hybridized carbons (Fsp3) is 0.243. The molecule has 2 aromatic heterocycles. The van der Waals surface area contributed by atoms with E-state index in [4.69, 9.17) is 0 Å². The fourth-order valence-electron chi connectivity index (χ4n) is 6.70. The summed E-state index contributed by atoms with van der Waals surface area (Å²) in [6, 6.07) is 13.9. The van der Waals surface area contributed by atoms with Gasteiger partial charge >= 0.3 is 5.97 Å². The lowest BCUT2D eigenvalue weighted by molar-refractivity contribution is -0.112. The van der Waals surface area contributed by atoms with Gasteiger partial charge in [0.15, 0.2) is 0 Å². The Balaban J connectivity index is 1.08. The van der Waals surface area contributed by atoms with Crippen molar-refractivity contribution < 1.29 is 31.9 Å². The number of hydrogen-bond donors (Lipinski definition) is 2. The van der Waals surface area contributed by atoms with E-state index in [1.807, 2.05) is 9.80 Å². The maximum atomic E-state index is 15.5. The Hall–Kier alpha value is -6.07. The zero-order chi connectivity index (χ0) is 38.5. The third kappa shape index (κ3) is 6.90. The van der Waals surface area contributed by atoms with E-state index in [0.717, 1.165) is 6.07 Å². The van der Waals surface area contributed by atoms with Crippen LogP contribution in [0.5, 0.6) is 0 Å². The number of piperazine rings is 1. The van der Waals surface area contributed by atoms with Crippen molar-refractivity contribution in [1.29, 1.82) is 0 Å². The summed E-state index contributed by atoms with van der Waals surface area (Å²) >= 11 is 0. The predicted octanol–water partition coefficient (Wildman–Crippen LogP) is 4.45. The summed E-state index contributed by atoms with van der Waals surface area (Å²) in [6.07, 6.45) is 1.27. The molecule has 4 heterocycles. The van der Waals surface area contributed by atoms with Gasteiger partial charge in [-0.2, -0.15) is 0 Å². The number of aromatic nitrogens is 3. The van der Waals surface area contributed by atoms with Crippen molar-refractivity contribution in [3.63, 3.8) is 0 Å². The molecule has 0 radical (unpaired) electrons. The second-order valence-corrected chi connectivity index (χ2v) is 14.6. The molecule has 2 aliphatic heterocycles. The maximum Gasteiger partial charge on any atom is 0.341 e. The highest BCUT2D eigenvalue weighted by Gasteiger charge is 2.36. The number of aliphatic imine (C=N–C) groups is 1. The summed E-state index contributed by atoms with van der Waals surface area (Å²) in [7, 11) is -4.04. The molecule has 1 fully saturated rings. The molecule has 14 nitrogen and oxygen atoms in total. The molecule has 2 N–H and O–H groups in total. The van der Waals surface area contributed by atoms with Crippen LogP contribution >= 0.6 is 0 Å². The number of carbonyl (C=O) groups is 2. The number of anilines is 3. The Morgan fingerprint density at radius 3 is 2.26 bits per heavy atom. The number of pyridine rings is 1. The highest BCUT2D eigenvalue weighted by Crippen LogP contribution is 2.33. The first-order chi connectivity index (χ1) is 25.7. The average Bonchev–Trinajstić information content (AvgIpc) is 3.36. The van der Waals surface area contributed by atoms with Crippen molar-refractivity contribution >= 4 is 61.5 Å². The van der Waals surface area contributed by atoms with Crippen LogP contribution < -0.4 is 20.0 Å². The first-order valence-corrected chi connectivity index (χ1v) is 18.4. The van der Waals surface area contributed by atoms with Gasteiger partial charge in [0, 0.05) is 61.3 Å². The van der Waals surface area contributed by atoms with Gasteiger partial charge in [-0.15, -0.1) is 0 Å². The number of amides is 1. The number of fused-ring (bicyclic) bond motifs is 2. The zero-order valence-corrected chi connectivity index (χ0v) is 30.2. The van der Waals surface area contributed by atoms with Crippen LogP contribution in [-0.2, 0) is 21.4 Å². The van der Waals surface area contributed by atoms with Gasteiger partial charge in [0.25, 0.3) is 15.9 Å². The molecule has 0 aliphatic carbocycles. The molecule has 5 aromatic rings. The molecular weight excluding hydrogens is 723 g/mol. The Morgan fingerprint density at radius 1 is 0.926 bits per heavy atom. The SMILES string of the molecule is CCn1cc(C(=O)O)c(=O)c2cc(F)c(N3CCN(CN4C(=O)C(=Nc5ccc(S(=O)(=O)Nc6nc(C)cc(C)n6)cc5)c5cc(F)ccc54)CC3)cc21. The average molecular weight is 757 g/mol. The van der Waals surface area contributed by atoms with Gasteiger partial charge in [-0.1, -0.05) is 0 Å². The summed E-state index contributed by atoms with van der Waals surface area (Å²) in [5, 5.41) is 9.44. The van der Waals surface area contributed by atoms with Crippen molar-refractivity contribution in [2.75, 3.05) is 47.4 Å². The normalized spacial score (nSPS) is 15.6. The van der Waals surface area contributed by atoms with Crippen LogP contribution in [0.25, 0.3) is 10.9 Å². The number of nitrogens with zero attached hydrogens (tertiary/aromatic N) is 7. The minimum absolute atomic E-state index is 0.00762. The van der Waals surface area contributed by atoms with Crippen LogP contribution in [0.4, 0.5) is 31.8 Å². The summed E-state index contributed by atoms with van der Waals surface area (Å²) in [4.78, 5) is 56.2. The minimum Gasteiger partial charge on any atom is -0.477 e. The van der Waals surface area contributed by atoms with Crippen molar-refractivity contribution in [3.05, 3.63) is 111 Å². The van der Waals surface area contributed by atoms with Gasteiger partial charge in [-0.3, -0.25) is 19.4 Å².